The van der Waals surface area contributed by atoms with Crippen LogP contribution in [0.2, 0.25) is 0 Å². The van der Waals surface area contributed by atoms with Gasteiger partial charge in [-0.15, -0.1) is 0 Å². The number of aromatic amines is 1. The molecule has 1 unspecified atom stereocenters. The molecule has 8 heteroatoms. The van der Waals surface area contributed by atoms with E-state index in [-0.39, 0.29) is 17.0 Å². The Balaban J connectivity index is 1.91. The third kappa shape index (κ3) is 2.79. The Morgan fingerprint density at radius 2 is 2.12 bits per heavy atom. The second-order valence-electron chi connectivity index (χ2n) is 6.30. The number of carbonyl (C=O) groups excluding carboxylic acids is 1. The van der Waals surface area contributed by atoms with Gasteiger partial charge in [-0.05, 0) is 30.5 Å². The molecule has 1 atom stereocenters. The molecule has 4 rings (SSSR count). The summed E-state index contributed by atoms with van der Waals surface area (Å²) in [5.41, 5.74) is 7.26. The van der Waals surface area contributed by atoms with Crippen LogP contribution in [0.5, 0.6) is 0 Å². The van der Waals surface area contributed by atoms with Gasteiger partial charge >= 0.3 is 6.03 Å². The van der Waals surface area contributed by atoms with Gasteiger partial charge in [0.25, 0.3) is 0 Å². The lowest BCUT2D eigenvalue weighted by Crippen LogP contribution is -2.44. The molecule has 26 heavy (non-hydrogen) atoms. The lowest BCUT2D eigenvalue weighted by Gasteiger charge is -2.35. The number of primary amides is 1. The Labute approximate surface area is 148 Å². The van der Waals surface area contributed by atoms with Gasteiger partial charge in [0.05, 0.1) is 11.9 Å². The number of nitrogens with one attached hydrogen (secondary N) is 1. The molecule has 2 aromatic rings. The molecule has 0 radical (unpaired) electrons. The third-order valence-electron chi connectivity index (χ3n) is 4.54. The number of aromatic nitrogens is 2. The van der Waals surface area contributed by atoms with Crippen molar-refractivity contribution in [3.05, 3.63) is 76.0 Å². The van der Waals surface area contributed by atoms with Gasteiger partial charge in [0.1, 0.15) is 6.04 Å². The number of urea groups is 1. The first kappa shape index (κ1) is 16.2. The number of halogens is 1. The summed E-state index contributed by atoms with van der Waals surface area (Å²) in [5, 5.41) is 0. The molecule has 0 spiro atoms. The summed E-state index contributed by atoms with van der Waals surface area (Å²) < 4.78 is 14.4. The summed E-state index contributed by atoms with van der Waals surface area (Å²) in [6.45, 7) is 0. The van der Waals surface area contributed by atoms with Crippen molar-refractivity contribution in [3.8, 4) is 0 Å². The number of nitrogens with two attached hydrogens (primary N) is 1. The van der Waals surface area contributed by atoms with Crippen LogP contribution in [-0.4, -0.2) is 26.6 Å². The topological polar surface area (TPSA) is 104 Å². The first-order chi connectivity index (χ1) is 12.6. The molecule has 3 heterocycles. The number of amides is 2. The molecule has 0 saturated heterocycles. The van der Waals surface area contributed by atoms with Gasteiger partial charge in [-0.1, -0.05) is 0 Å². The van der Waals surface area contributed by atoms with Gasteiger partial charge in [-0.3, -0.25) is 19.7 Å². The van der Waals surface area contributed by atoms with Crippen molar-refractivity contribution < 1.29 is 9.18 Å². The van der Waals surface area contributed by atoms with Crippen molar-refractivity contribution in [1.29, 1.82) is 0 Å². The van der Waals surface area contributed by atoms with Crippen molar-refractivity contribution in [2.75, 3.05) is 0 Å². The van der Waals surface area contributed by atoms with Crippen LogP contribution in [-0.2, 0) is 0 Å². The quantitative estimate of drug-likeness (QED) is 0.882. The highest BCUT2D eigenvalue weighted by atomic mass is 19.1. The zero-order chi connectivity index (χ0) is 18.3. The van der Waals surface area contributed by atoms with E-state index in [1.807, 2.05) is 0 Å². The summed E-state index contributed by atoms with van der Waals surface area (Å²) in [5.74, 6) is -0.339. The second-order valence-corrected chi connectivity index (χ2v) is 6.30. The normalized spacial score (nSPS) is 19.7. The second kappa shape index (κ2) is 6.21. The van der Waals surface area contributed by atoms with Crippen LogP contribution in [0.4, 0.5) is 9.18 Å². The summed E-state index contributed by atoms with van der Waals surface area (Å²) >= 11 is 0. The summed E-state index contributed by atoms with van der Waals surface area (Å²) in [6.07, 6.45) is 7.52. The maximum Gasteiger partial charge on any atom is 0.319 e. The van der Waals surface area contributed by atoms with Gasteiger partial charge in [0.15, 0.2) is 5.82 Å². The predicted octanol–water partition coefficient (Wildman–Crippen LogP) is 2.09. The predicted molar refractivity (Wildman–Crippen MR) is 92.8 cm³/mol. The first-order valence-corrected chi connectivity index (χ1v) is 8.21. The summed E-state index contributed by atoms with van der Waals surface area (Å²) in [7, 11) is 0. The van der Waals surface area contributed by atoms with E-state index in [0.717, 1.165) is 19.0 Å². The van der Waals surface area contributed by atoms with Crippen LogP contribution in [0.25, 0.3) is 0 Å². The zero-order valence-corrected chi connectivity index (χ0v) is 13.7. The number of allylic oxidation sites excluding steroid dienone is 1. The Bertz CT molecular complexity index is 973. The van der Waals surface area contributed by atoms with E-state index in [0.29, 0.717) is 17.0 Å². The van der Waals surface area contributed by atoms with E-state index in [2.05, 4.69) is 15.0 Å². The van der Waals surface area contributed by atoms with Crippen molar-refractivity contribution in [3.63, 3.8) is 0 Å². The maximum absolute atomic E-state index is 14.4. The zero-order valence-electron chi connectivity index (χ0n) is 13.7. The van der Waals surface area contributed by atoms with E-state index >= 15 is 0 Å². The van der Waals surface area contributed by atoms with Gasteiger partial charge in [0.2, 0.25) is 5.56 Å². The van der Waals surface area contributed by atoms with Crippen molar-refractivity contribution >= 4 is 11.7 Å². The number of aliphatic imine (C=N–C) groups is 1. The third-order valence-corrected chi connectivity index (χ3v) is 4.54. The highest BCUT2D eigenvalue weighted by Gasteiger charge is 2.41. The minimum Gasteiger partial charge on any atom is -0.351 e. The molecule has 3 N–H and O–H groups in total. The number of carbonyl (C=O) groups is 1. The standard InChI is InChI=1S/C18H16FN5O2/c19-13-8-21-6-5-12(13)16-17(11-3-4-15(25)22-7-11)24(18(20)26)14(9-23-16)10-1-2-10/h3-10,17H,1-2H2,(H2,20,26)(H,22,25). The van der Waals surface area contributed by atoms with Gasteiger partial charge in [0, 0.05) is 41.8 Å². The molecule has 1 fully saturated rings. The van der Waals surface area contributed by atoms with Crippen LogP contribution < -0.4 is 11.3 Å². The molecule has 2 aliphatic rings. The molecule has 132 valence electrons. The number of hydrogen-bond donors (Lipinski definition) is 2. The highest BCUT2D eigenvalue weighted by molar-refractivity contribution is 6.07. The summed E-state index contributed by atoms with van der Waals surface area (Å²) in [4.78, 5) is 36.0. The number of pyridine rings is 2. The molecule has 7 nitrogen and oxygen atoms in total. The van der Waals surface area contributed by atoms with Crippen molar-refractivity contribution in [2.24, 2.45) is 16.6 Å². The lowest BCUT2D eigenvalue weighted by molar-refractivity contribution is 0.211. The average Bonchev–Trinajstić information content (AvgIpc) is 3.47. The Kier molecular flexibility index (Phi) is 3.87. The molecule has 2 aromatic heterocycles. The van der Waals surface area contributed by atoms with Gasteiger partial charge < -0.3 is 10.7 Å². The van der Waals surface area contributed by atoms with Crippen LogP contribution in [0.1, 0.15) is 30.0 Å². The van der Waals surface area contributed by atoms with Crippen molar-refractivity contribution in [2.45, 2.75) is 18.9 Å². The fourth-order valence-electron chi connectivity index (χ4n) is 3.17. The Morgan fingerprint density at radius 1 is 1.31 bits per heavy atom. The molecular formula is C18H16FN5O2. The first-order valence-electron chi connectivity index (χ1n) is 8.21. The molecule has 1 saturated carbocycles. The van der Waals surface area contributed by atoms with E-state index in [1.54, 1.807) is 12.3 Å². The highest BCUT2D eigenvalue weighted by Crippen LogP contribution is 2.43. The fourth-order valence-corrected chi connectivity index (χ4v) is 3.17. The molecule has 0 aromatic carbocycles. The molecule has 0 bridgehead atoms. The van der Waals surface area contributed by atoms with Gasteiger partial charge in [-0.2, -0.15) is 0 Å². The largest absolute Gasteiger partial charge is 0.351 e. The SMILES string of the molecule is NC(=O)N1C(C2CC2)=CN=C(c2ccncc2F)C1c1ccc(=O)[nH]c1. The van der Waals surface area contributed by atoms with Crippen molar-refractivity contribution in [1.82, 2.24) is 14.9 Å². The Hall–Kier alpha value is -3.29. The number of nitrogens with zero attached hydrogens (tertiary/aromatic N) is 3. The number of hydrogen-bond acceptors (Lipinski definition) is 4. The minimum atomic E-state index is -0.734. The lowest BCUT2D eigenvalue weighted by atomic mass is 9.94. The monoisotopic (exact) mass is 353 g/mol. The molecule has 2 amide bonds. The Morgan fingerprint density at radius 3 is 2.73 bits per heavy atom. The van der Waals surface area contributed by atoms with Crippen LogP contribution in [0.3, 0.4) is 0 Å². The molecule has 1 aliphatic carbocycles. The van der Waals surface area contributed by atoms with E-state index in [1.165, 1.54) is 29.4 Å². The minimum absolute atomic E-state index is 0.209. The van der Waals surface area contributed by atoms with Crippen LogP contribution in [0, 0.1) is 11.7 Å². The summed E-state index contributed by atoms with van der Waals surface area (Å²) in [6, 6.07) is 3.05. The smallest absolute Gasteiger partial charge is 0.319 e. The van der Waals surface area contributed by atoms with Crippen LogP contribution in [0.15, 0.2) is 58.5 Å². The van der Waals surface area contributed by atoms with E-state index in [9.17, 15) is 14.0 Å². The molecule has 1 aliphatic heterocycles. The fraction of sp³-hybridized carbons (Fsp3) is 0.222. The maximum atomic E-state index is 14.4. The number of H-pyrrole nitrogens is 1. The van der Waals surface area contributed by atoms with Crippen LogP contribution >= 0.6 is 0 Å². The number of rotatable bonds is 3. The van der Waals surface area contributed by atoms with E-state index < -0.39 is 17.9 Å². The van der Waals surface area contributed by atoms with E-state index in [4.69, 9.17) is 5.73 Å². The average molecular weight is 353 g/mol. The molecular weight excluding hydrogens is 337 g/mol. The van der Waals surface area contributed by atoms with Gasteiger partial charge in [-0.25, -0.2) is 9.18 Å².